The minimum absolute atomic E-state index is 0.0132. The van der Waals surface area contributed by atoms with Crippen molar-refractivity contribution in [2.24, 2.45) is 0 Å². The molecule has 0 heterocycles. The molecule has 0 radical (unpaired) electrons. The summed E-state index contributed by atoms with van der Waals surface area (Å²) in [6.45, 7) is -0.518. The number of halogens is 4. The summed E-state index contributed by atoms with van der Waals surface area (Å²) in [7, 11) is 0. The van der Waals surface area contributed by atoms with Crippen molar-refractivity contribution in [2.45, 2.75) is 25.0 Å². The predicted molar refractivity (Wildman–Crippen MR) is 92.1 cm³/mol. The molecule has 2 unspecified atom stereocenters. The molecule has 0 saturated carbocycles. The number of aliphatic hydroxyl groups is 2. The highest BCUT2D eigenvalue weighted by Gasteiger charge is 2.36. The highest BCUT2D eigenvalue weighted by Crippen LogP contribution is 2.37. The van der Waals surface area contributed by atoms with Gasteiger partial charge < -0.3 is 20.3 Å². The van der Waals surface area contributed by atoms with Gasteiger partial charge in [0.2, 0.25) is 0 Å². The Kier molecular flexibility index (Phi) is 7.06. The summed E-state index contributed by atoms with van der Waals surface area (Å²) >= 11 is 5.58. The van der Waals surface area contributed by atoms with Gasteiger partial charge in [-0.15, -0.1) is 0 Å². The van der Waals surface area contributed by atoms with Crippen molar-refractivity contribution >= 4 is 17.7 Å². The minimum Gasteiger partial charge on any atom is -0.445 e. The number of aliphatic hydroxyl groups excluding tert-OH is 2. The van der Waals surface area contributed by atoms with Gasteiger partial charge in [-0.2, -0.15) is 13.2 Å². The van der Waals surface area contributed by atoms with Crippen molar-refractivity contribution < 1.29 is 32.9 Å². The van der Waals surface area contributed by atoms with Crippen LogP contribution in [0.15, 0.2) is 48.5 Å². The lowest BCUT2D eigenvalue weighted by Crippen LogP contribution is -2.36. The molecule has 3 N–H and O–H groups in total. The number of hydrogen-bond donors (Lipinski definition) is 3. The van der Waals surface area contributed by atoms with E-state index in [1.807, 2.05) is 0 Å². The first-order valence-corrected chi connectivity index (χ1v) is 8.23. The Morgan fingerprint density at radius 3 is 2.44 bits per heavy atom. The molecule has 0 aromatic heterocycles. The number of rotatable bonds is 6. The van der Waals surface area contributed by atoms with Crippen molar-refractivity contribution in [1.29, 1.82) is 0 Å². The van der Waals surface area contributed by atoms with Crippen LogP contribution < -0.4 is 5.32 Å². The van der Waals surface area contributed by atoms with E-state index in [1.54, 1.807) is 30.3 Å². The van der Waals surface area contributed by atoms with Crippen LogP contribution in [0.4, 0.5) is 18.0 Å². The smallest absolute Gasteiger partial charge is 0.416 e. The molecule has 27 heavy (non-hydrogen) atoms. The Hall–Kier alpha value is -2.29. The van der Waals surface area contributed by atoms with Gasteiger partial charge in [-0.25, -0.2) is 4.79 Å². The Morgan fingerprint density at radius 1 is 1.15 bits per heavy atom. The Morgan fingerprint density at radius 2 is 1.81 bits per heavy atom. The summed E-state index contributed by atoms with van der Waals surface area (Å²) < 4.78 is 44.2. The fourth-order valence-corrected chi connectivity index (χ4v) is 2.48. The number of alkyl carbamates (subject to hydrolysis) is 1. The molecule has 2 aromatic carbocycles. The summed E-state index contributed by atoms with van der Waals surface area (Å²) in [5, 5.41) is 22.0. The van der Waals surface area contributed by atoms with Gasteiger partial charge in [0, 0.05) is 11.6 Å². The molecule has 0 spiro atoms. The van der Waals surface area contributed by atoms with Crippen LogP contribution in [-0.4, -0.2) is 29.0 Å². The molecule has 0 aliphatic carbocycles. The molecule has 2 rings (SSSR count). The average molecular weight is 404 g/mol. The zero-order chi connectivity index (χ0) is 20.0. The Bertz CT molecular complexity index is 771. The number of carbonyl (C=O) groups is 1. The van der Waals surface area contributed by atoms with E-state index >= 15 is 0 Å². The first kappa shape index (κ1) is 21.0. The van der Waals surface area contributed by atoms with E-state index in [4.69, 9.17) is 16.3 Å². The molecule has 2 atom stereocenters. The third-order valence-corrected chi connectivity index (χ3v) is 3.91. The second-order valence-corrected chi connectivity index (χ2v) is 6.12. The van der Waals surface area contributed by atoms with Crippen molar-refractivity contribution in [1.82, 2.24) is 5.32 Å². The van der Waals surface area contributed by atoms with Gasteiger partial charge in [-0.05, 0) is 23.3 Å². The minimum atomic E-state index is -4.76. The number of benzene rings is 2. The molecule has 0 aliphatic heterocycles. The average Bonchev–Trinajstić information content (AvgIpc) is 2.64. The monoisotopic (exact) mass is 403 g/mol. The second-order valence-electron chi connectivity index (χ2n) is 5.68. The van der Waals surface area contributed by atoms with Crippen LogP contribution in [-0.2, 0) is 17.5 Å². The summed E-state index contributed by atoms with van der Waals surface area (Å²) in [6, 6.07) is 11.6. The first-order chi connectivity index (χ1) is 12.7. The number of hydrogen-bond acceptors (Lipinski definition) is 4. The Balaban J connectivity index is 1.94. The molecular weight excluding hydrogens is 387 g/mol. The standard InChI is InChI=1S/C18H17ClF3NO4/c19-12-6-7-13(14(8-12)18(20,21)22)16(25)15(24)9-23-17(26)27-10-11-4-2-1-3-5-11/h1-8,15-16,24-25H,9-10H2,(H,23,26). The predicted octanol–water partition coefficient (Wildman–Crippen LogP) is 3.68. The molecule has 0 bridgehead atoms. The number of carbonyl (C=O) groups excluding carboxylic acids is 1. The highest BCUT2D eigenvalue weighted by atomic mass is 35.5. The topological polar surface area (TPSA) is 78.8 Å². The maximum atomic E-state index is 13.1. The van der Waals surface area contributed by atoms with Crippen LogP contribution >= 0.6 is 11.6 Å². The van der Waals surface area contributed by atoms with Crippen molar-refractivity contribution in [3.8, 4) is 0 Å². The largest absolute Gasteiger partial charge is 0.445 e. The normalized spacial score (nSPS) is 13.7. The molecule has 0 aliphatic rings. The van der Waals surface area contributed by atoms with Crippen LogP contribution in [0.3, 0.4) is 0 Å². The van der Waals surface area contributed by atoms with E-state index in [-0.39, 0.29) is 11.6 Å². The molecule has 5 nitrogen and oxygen atoms in total. The SMILES string of the molecule is O=C(NCC(O)C(O)c1ccc(Cl)cc1C(F)(F)F)OCc1ccccc1. The molecule has 0 fully saturated rings. The first-order valence-electron chi connectivity index (χ1n) is 7.86. The van der Waals surface area contributed by atoms with E-state index in [0.29, 0.717) is 6.07 Å². The van der Waals surface area contributed by atoms with E-state index in [9.17, 15) is 28.2 Å². The van der Waals surface area contributed by atoms with E-state index in [0.717, 1.165) is 11.6 Å². The molecule has 9 heteroatoms. The van der Waals surface area contributed by atoms with Crippen LogP contribution in [0.25, 0.3) is 0 Å². The molecule has 1 amide bonds. The van der Waals surface area contributed by atoms with Crippen molar-refractivity contribution in [3.05, 3.63) is 70.2 Å². The van der Waals surface area contributed by atoms with Crippen molar-refractivity contribution in [3.63, 3.8) is 0 Å². The van der Waals surface area contributed by atoms with E-state index < -0.39 is 42.1 Å². The molecule has 2 aromatic rings. The summed E-state index contributed by atoms with van der Waals surface area (Å²) in [5.74, 6) is 0. The quantitative estimate of drug-likeness (QED) is 0.687. The Labute approximate surface area is 158 Å². The highest BCUT2D eigenvalue weighted by molar-refractivity contribution is 6.30. The lowest BCUT2D eigenvalue weighted by Gasteiger charge is -2.22. The van der Waals surface area contributed by atoms with Crippen LogP contribution in [0.1, 0.15) is 22.8 Å². The maximum absolute atomic E-state index is 13.1. The number of alkyl halides is 3. The maximum Gasteiger partial charge on any atom is 0.416 e. The van der Waals surface area contributed by atoms with Gasteiger partial charge in [0.1, 0.15) is 18.8 Å². The van der Waals surface area contributed by atoms with Gasteiger partial charge in [-0.3, -0.25) is 0 Å². The van der Waals surface area contributed by atoms with Gasteiger partial charge in [-0.1, -0.05) is 48.0 Å². The van der Waals surface area contributed by atoms with Crippen LogP contribution in [0.2, 0.25) is 5.02 Å². The fraction of sp³-hybridized carbons (Fsp3) is 0.278. The zero-order valence-electron chi connectivity index (χ0n) is 13.9. The number of amides is 1. The van der Waals surface area contributed by atoms with E-state index in [2.05, 4.69) is 5.32 Å². The van der Waals surface area contributed by atoms with Gasteiger partial charge >= 0.3 is 12.3 Å². The lowest BCUT2D eigenvalue weighted by atomic mass is 9.98. The fourth-order valence-electron chi connectivity index (χ4n) is 2.31. The van der Waals surface area contributed by atoms with Crippen LogP contribution in [0.5, 0.6) is 0 Å². The summed E-state index contributed by atoms with van der Waals surface area (Å²) in [6.07, 6.45) is -9.20. The van der Waals surface area contributed by atoms with Gasteiger partial charge in [0.25, 0.3) is 0 Å². The number of ether oxygens (including phenoxy) is 1. The van der Waals surface area contributed by atoms with Gasteiger partial charge in [0.05, 0.1) is 5.56 Å². The van der Waals surface area contributed by atoms with Crippen LogP contribution in [0, 0.1) is 0 Å². The third-order valence-electron chi connectivity index (χ3n) is 3.67. The zero-order valence-corrected chi connectivity index (χ0v) is 14.7. The number of nitrogens with one attached hydrogen (secondary N) is 1. The van der Waals surface area contributed by atoms with Crippen molar-refractivity contribution in [2.75, 3.05) is 6.54 Å². The van der Waals surface area contributed by atoms with E-state index in [1.165, 1.54) is 6.07 Å². The second kappa shape index (κ2) is 9.07. The van der Waals surface area contributed by atoms with Gasteiger partial charge in [0.15, 0.2) is 0 Å². The molecule has 0 saturated heterocycles. The third kappa shape index (κ3) is 6.13. The lowest BCUT2D eigenvalue weighted by molar-refractivity contribution is -0.139. The summed E-state index contributed by atoms with van der Waals surface area (Å²) in [5.41, 5.74) is -0.962. The summed E-state index contributed by atoms with van der Waals surface area (Å²) in [4.78, 5) is 11.6. The molecular formula is C18H17ClF3NO4. The molecule has 146 valence electrons.